The number of halogens is 1. The number of nitrogens with zero attached hydrogens (tertiary/aromatic N) is 1. The Balaban J connectivity index is 2.19. The Labute approximate surface area is 113 Å². The van der Waals surface area contributed by atoms with Crippen molar-refractivity contribution in [2.75, 3.05) is 5.32 Å². The van der Waals surface area contributed by atoms with Gasteiger partial charge in [-0.15, -0.1) is 0 Å². The van der Waals surface area contributed by atoms with Gasteiger partial charge in [-0.3, -0.25) is 4.79 Å². The third-order valence-electron chi connectivity index (χ3n) is 2.36. The molecule has 2 N–H and O–H groups in total. The van der Waals surface area contributed by atoms with E-state index in [1.807, 2.05) is 13.0 Å². The quantitative estimate of drug-likeness (QED) is 0.896. The van der Waals surface area contributed by atoms with Gasteiger partial charge in [-0.05, 0) is 36.8 Å². The van der Waals surface area contributed by atoms with Crippen LogP contribution in [0.5, 0.6) is 5.75 Å². The Morgan fingerprint density at radius 1 is 1.33 bits per heavy atom. The second-order valence-corrected chi connectivity index (χ2v) is 4.75. The fourth-order valence-electron chi connectivity index (χ4n) is 1.42. The van der Waals surface area contributed by atoms with E-state index in [-0.39, 0.29) is 11.3 Å². The van der Waals surface area contributed by atoms with Crippen molar-refractivity contribution in [3.05, 3.63) is 52.1 Å². The van der Waals surface area contributed by atoms with Crippen LogP contribution in [0.4, 0.5) is 5.82 Å². The van der Waals surface area contributed by atoms with Crippen molar-refractivity contribution in [2.24, 2.45) is 0 Å². The number of phenolic OH excluding ortho intramolecular Hbond substituents is 1. The predicted molar refractivity (Wildman–Crippen MR) is 72.7 cm³/mol. The third-order valence-corrected chi connectivity index (χ3v) is 2.85. The third kappa shape index (κ3) is 2.87. The van der Waals surface area contributed by atoms with Gasteiger partial charge in [-0.2, -0.15) is 0 Å². The highest BCUT2D eigenvalue weighted by atomic mass is 79.9. The number of benzene rings is 1. The number of amides is 1. The van der Waals surface area contributed by atoms with E-state index in [1.165, 1.54) is 6.07 Å². The Kier molecular flexibility index (Phi) is 3.62. The maximum absolute atomic E-state index is 11.9. The van der Waals surface area contributed by atoms with E-state index >= 15 is 0 Å². The molecule has 0 bridgehead atoms. The van der Waals surface area contributed by atoms with E-state index in [2.05, 4.69) is 26.2 Å². The SMILES string of the molecule is Cc1ccc(NC(=O)c2ccc(Br)cc2O)nc1. The number of carbonyl (C=O) groups excluding carboxylic acids is 1. The summed E-state index contributed by atoms with van der Waals surface area (Å²) in [5, 5.41) is 12.3. The molecule has 18 heavy (non-hydrogen) atoms. The Morgan fingerprint density at radius 2 is 2.11 bits per heavy atom. The lowest BCUT2D eigenvalue weighted by Crippen LogP contribution is -2.13. The lowest BCUT2D eigenvalue weighted by Gasteiger charge is -2.06. The molecule has 1 aromatic carbocycles. The van der Waals surface area contributed by atoms with Crippen LogP contribution in [-0.4, -0.2) is 16.0 Å². The first-order valence-corrected chi connectivity index (χ1v) is 6.08. The molecular weight excluding hydrogens is 296 g/mol. The van der Waals surface area contributed by atoms with Crippen molar-refractivity contribution in [3.8, 4) is 5.75 Å². The molecule has 0 saturated heterocycles. The number of nitrogens with one attached hydrogen (secondary N) is 1. The number of aryl methyl sites for hydroxylation is 1. The number of hydrogen-bond acceptors (Lipinski definition) is 3. The molecule has 2 rings (SSSR count). The predicted octanol–water partition coefficient (Wildman–Crippen LogP) is 3.11. The fraction of sp³-hybridized carbons (Fsp3) is 0.0769. The van der Waals surface area contributed by atoms with E-state index in [0.717, 1.165) is 5.56 Å². The molecule has 0 aliphatic heterocycles. The van der Waals surface area contributed by atoms with Crippen molar-refractivity contribution in [1.29, 1.82) is 0 Å². The molecule has 0 aliphatic rings. The smallest absolute Gasteiger partial charge is 0.260 e. The average Bonchev–Trinajstić information content (AvgIpc) is 2.32. The summed E-state index contributed by atoms with van der Waals surface area (Å²) >= 11 is 3.22. The minimum atomic E-state index is -0.392. The number of pyridine rings is 1. The summed E-state index contributed by atoms with van der Waals surface area (Å²) < 4.78 is 0.713. The van der Waals surface area contributed by atoms with Gasteiger partial charge >= 0.3 is 0 Å². The van der Waals surface area contributed by atoms with Crippen molar-refractivity contribution < 1.29 is 9.90 Å². The molecule has 92 valence electrons. The van der Waals surface area contributed by atoms with Gasteiger partial charge in [0.1, 0.15) is 11.6 Å². The Bertz CT molecular complexity index is 582. The minimum Gasteiger partial charge on any atom is -0.507 e. The molecular formula is C13H11BrN2O2. The maximum atomic E-state index is 11.9. The molecule has 1 aromatic heterocycles. The van der Waals surface area contributed by atoms with Crippen molar-refractivity contribution >= 4 is 27.7 Å². The summed E-state index contributed by atoms with van der Waals surface area (Å²) in [4.78, 5) is 16.0. The first-order valence-electron chi connectivity index (χ1n) is 5.29. The fourth-order valence-corrected chi connectivity index (χ4v) is 1.77. The van der Waals surface area contributed by atoms with Crippen molar-refractivity contribution in [2.45, 2.75) is 6.92 Å². The topological polar surface area (TPSA) is 62.2 Å². The number of aromatic nitrogens is 1. The molecule has 4 nitrogen and oxygen atoms in total. The normalized spacial score (nSPS) is 10.1. The van der Waals surface area contributed by atoms with Gasteiger partial charge < -0.3 is 10.4 Å². The zero-order valence-electron chi connectivity index (χ0n) is 9.64. The van der Waals surface area contributed by atoms with Gasteiger partial charge in [0.2, 0.25) is 0 Å². The maximum Gasteiger partial charge on any atom is 0.260 e. The second-order valence-electron chi connectivity index (χ2n) is 3.84. The van der Waals surface area contributed by atoms with Crippen LogP contribution in [0.25, 0.3) is 0 Å². The highest BCUT2D eigenvalue weighted by Gasteiger charge is 2.11. The average molecular weight is 307 g/mol. The highest BCUT2D eigenvalue weighted by molar-refractivity contribution is 9.10. The van der Waals surface area contributed by atoms with E-state index in [1.54, 1.807) is 24.4 Å². The van der Waals surface area contributed by atoms with Crippen LogP contribution >= 0.6 is 15.9 Å². The lowest BCUT2D eigenvalue weighted by atomic mass is 10.2. The van der Waals surface area contributed by atoms with Crippen LogP contribution in [0.3, 0.4) is 0 Å². The zero-order chi connectivity index (χ0) is 13.1. The van der Waals surface area contributed by atoms with Crippen LogP contribution in [0.1, 0.15) is 15.9 Å². The van der Waals surface area contributed by atoms with E-state index in [4.69, 9.17) is 0 Å². The first-order chi connectivity index (χ1) is 8.56. The van der Waals surface area contributed by atoms with Gasteiger partial charge in [0, 0.05) is 10.7 Å². The van der Waals surface area contributed by atoms with E-state index in [9.17, 15) is 9.90 Å². The van der Waals surface area contributed by atoms with Gasteiger partial charge in [0.05, 0.1) is 5.56 Å². The summed E-state index contributed by atoms with van der Waals surface area (Å²) in [6.45, 7) is 1.92. The molecule has 0 fully saturated rings. The lowest BCUT2D eigenvalue weighted by molar-refractivity contribution is 0.102. The molecule has 0 atom stereocenters. The summed E-state index contributed by atoms with van der Waals surface area (Å²) in [7, 11) is 0. The van der Waals surface area contributed by atoms with Crippen molar-refractivity contribution in [3.63, 3.8) is 0 Å². The van der Waals surface area contributed by atoms with Gasteiger partial charge in [-0.25, -0.2) is 4.98 Å². The minimum absolute atomic E-state index is 0.0750. The largest absolute Gasteiger partial charge is 0.507 e. The van der Waals surface area contributed by atoms with Crippen LogP contribution < -0.4 is 5.32 Å². The molecule has 0 aliphatic carbocycles. The zero-order valence-corrected chi connectivity index (χ0v) is 11.2. The Morgan fingerprint density at radius 3 is 2.72 bits per heavy atom. The summed E-state index contributed by atoms with van der Waals surface area (Å²) in [6, 6.07) is 8.27. The monoisotopic (exact) mass is 306 g/mol. The number of rotatable bonds is 2. The standard InChI is InChI=1S/C13H11BrN2O2/c1-8-2-5-12(15-7-8)16-13(18)10-4-3-9(14)6-11(10)17/h2-7,17H,1H3,(H,15,16,18). The second kappa shape index (κ2) is 5.18. The number of hydrogen-bond donors (Lipinski definition) is 2. The number of aromatic hydroxyl groups is 1. The van der Waals surface area contributed by atoms with Crippen LogP contribution in [0.15, 0.2) is 41.0 Å². The summed E-state index contributed by atoms with van der Waals surface area (Å²) in [6.07, 6.45) is 1.66. The highest BCUT2D eigenvalue weighted by Crippen LogP contribution is 2.22. The van der Waals surface area contributed by atoms with Gasteiger partial charge in [-0.1, -0.05) is 22.0 Å². The molecule has 0 radical (unpaired) electrons. The number of carbonyl (C=O) groups is 1. The Hall–Kier alpha value is -1.88. The van der Waals surface area contributed by atoms with Crippen LogP contribution in [0.2, 0.25) is 0 Å². The van der Waals surface area contributed by atoms with E-state index in [0.29, 0.717) is 10.3 Å². The molecule has 1 heterocycles. The molecule has 0 unspecified atom stereocenters. The molecule has 5 heteroatoms. The first kappa shape index (κ1) is 12.6. The van der Waals surface area contributed by atoms with Crippen molar-refractivity contribution in [1.82, 2.24) is 4.98 Å². The van der Waals surface area contributed by atoms with Gasteiger partial charge in [0.25, 0.3) is 5.91 Å². The van der Waals surface area contributed by atoms with Crippen LogP contribution in [0, 0.1) is 6.92 Å². The number of phenols is 1. The summed E-state index contributed by atoms with van der Waals surface area (Å²) in [5.41, 5.74) is 1.22. The van der Waals surface area contributed by atoms with E-state index < -0.39 is 5.91 Å². The molecule has 0 saturated carbocycles. The van der Waals surface area contributed by atoms with Crippen LogP contribution in [-0.2, 0) is 0 Å². The summed E-state index contributed by atoms with van der Waals surface area (Å²) in [5.74, 6) is -0.0155. The molecule has 1 amide bonds. The molecule has 2 aromatic rings. The van der Waals surface area contributed by atoms with Gasteiger partial charge in [0.15, 0.2) is 0 Å². The molecule has 0 spiro atoms. The number of anilines is 1.